The number of hydrogen-bond acceptors (Lipinski definition) is 7. The molecule has 5 N–H and O–H groups in total. The Balaban J connectivity index is 1.25. The van der Waals surface area contributed by atoms with E-state index in [0.29, 0.717) is 24.1 Å². The maximum Gasteiger partial charge on any atom is 0.404 e. The predicted molar refractivity (Wildman–Crippen MR) is 142 cm³/mol. The van der Waals surface area contributed by atoms with Crippen LogP contribution in [0.4, 0.5) is 22.1 Å². The molecule has 3 aliphatic rings. The predicted octanol–water partition coefficient (Wildman–Crippen LogP) is 3.68. The van der Waals surface area contributed by atoms with Gasteiger partial charge in [-0.3, -0.25) is 4.79 Å². The number of anilines is 3. The molecule has 1 atom stereocenters. The van der Waals surface area contributed by atoms with Crippen LogP contribution in [-0.4, -0.2) is 70.2 Å². The van der Waals surface area contributed by atoms with Crippen molar-refractivity contribution in [2.45, 2.75) is 69.4 Å². The third-order valence-electron chi connectivity index (χ3n) is 8.08. The van der Waals surface area contributed by atoms with Gasteiger partial charge in [-0.15, -0.1) is 0 Å². The average Bonchev–Trinajstić information content (AvgIpc) is 3.44. The molecule has 3 heterocycles. The number of primary amides is 1. The van der Waals surface area contributed by atoms with Crippen LogP contribution >= 0.6 is 0 Å². The first-order valence-corrected chi connectivity index (χ1v) is 13.5. The van der Waals surface area contributed by atoms with Crippen molar-refractivity contribution < 1.29 is 14.7 Å². The number of carbonyl (C=O) groups excluding carboxylic acids is 1. The highest BCUT2D eigenvalue weighted by molar-refractivity contribution is 5.96. The van der Waals surface area contributed by atoms with E-state index in [-0.39, 0.29) is 11.7 Å². The van der Waals surface area contributed by atoms with Crippen molar-refractivity contribution in [2.75, 3.05) is 36.4 Å². The number of piperidine rings is 2. The molecule has 1 aromatic heterocycles. The molecule has 198 valence electrons. The Kier molecular flexibility index (Phi) is 7.73. The highest BCUT2D eigenvalue weighted by Gasteiger charge is 2.28. The summed E-state index contributed by atoms with van der Waals surface area (Å²) in [6, 6.07) is 8.97. The van der Waals surface area contributed by atoms with Crippen LogP contribution in [-0.2, 0) is 0 Å². The Morgan fingerprint density at radius 1 is 0.973 bits per heavy atom. The maximum absolute atomic E-state index is 12.0. The summed E-state index contributed by atoms with van der Waals surface area (Å²) in [6.45, 7) is 3.58. The van der Waals surface area contributed by atoms with Crippen LogP contribution in [0.15, 0.2) is 30.5 Å². The number of nitrogens with one attached hydrogen (secondary N) is 2. The van der Waals surface area contributed by atoms with Gasteiger partial charge >= 0.3 is 6.09 Å². The van der Waals surface area contributed by atoms with Crippen LogP contribution in [0.3, 0.4) is 0 Å². The Labute approximate surface area is 217 Å². The van der Waals surface area contributed by atoms with E-state index in [1.54, 1.807) is 0 Å². The molecular weight excluding hydrogens is 470 g/mol. The van der Waals surface area contributed by atoms with Gasteiger partial charge < -0.3 is 31.3 Å². The van der Waals surface area contributed by atoms with Crippen LogP contribution < -0.4 is 21.3 Å². The van der Waals surface area contributed by atoms with E-state index in [0.717, 1.165) is 31.1 Å². The lowest BCUT2D eigenvalue weighted by Gasteiger charge is -2.36. The van der Waals surface area contributed by atoms with Gasteiger partial charge in [-0.2, -0.15) is 0 Å². The lowest BCUT2D eigenvalue weighted by molar-refractivity contribution is 0.0996. The van der Waals surface area contributed by atoms with E-state index in [9.17, 15) is 9.59 Å². The fourth-order valence-corrected chi connectivity index (χ4v) is 6.12. The number of hydrogen-bond donors (Lipinski definition) is 4. The van der Waals surface area contributed by atoms with Gasteiger partial charge in [0.05, 0.1) is 6.20 Å². The van der Waals surface area contributed by atoms with Crippen LogP contribution in [0.5, 0.6) is 0 Å². The van der Waals surface area contributed by atoms with E-state index in [2.05, 4.69) is 37.6 Å². The number of rotatable bonds is 7. The largest absolute Gasteiger partial charge is 0.465 e. The first-order valence-electron chi connectivity index (χ1n) is 13.5. The van der Waals surface area contributed by atoms with E-state index >= 15 is 0 Å². The number of amides is 2. The Bertz CT molecular complexity index is 1100. The Hall–Kier alpha value is -3.40. The van der Waals surface area contributed by atoms with E-state index in [1.165, 1.54) is 63.4 Å². The van der Waals surface area contributed by atoms with Crippen LogP contribution in [0.2, 0.25) is 0 Å². The van der Waals surface area contributed by atoms with Gasteiger partial charge in [0.15, 0.2) is 11.5 Å². The zero-order valence-corrected chi connectivity index (χ0v) is 21.2. The minimum atomic E-state index is -1.04. The smallest absolute Gasteiger partial charge is 0.404 e. The van der Waals surface area contributed by atoms with Crippen LogP contribution in [0.1, 0.15) is 73.3 Å². The number of aromatic nitrogens is 2. The topological polar surface area (TPSA) is 137 Å². The zero-order valence-electron chi connectivity index (χ0n) is 21.2. The first kappa shape index (κ1) is 25.3. The van der Waals surface area contributed by atoms with Gasteiger partial charge in [0.1, 0.15) is 5.82 Å². The SMILES string of the molecule is NC(=O)c1ncc(N2CCC[C@@H](NC(=O)O)C2)nc1Nc1ccc(C2CCN(C3CCCC3)CC2)cc1. The molecule has 1 aromatic carbocycles. The fourth-order valence-electron chi connectivity index (χ4n) is 6.12. The molecule has 1 aliphatic carbocycles. The molecule has 2 amide bonds. The monoisotopic (exact) mass is 507 g/mol. The van der Waals surface area contributed by atoms with Crippen molar-refractivity contribution in [3.8, 4) is 0 Å². The average molecular weight is 508 g/mol. The molecule has 10 heteroatoms. The van der Waals surface area contributed by atoms with E-state index < -0.39 is 12.0 Å². The molecule has 5 rings (SSSR count). The molecule has 3 fully saturated rings. The number of carboxylic acid groups (broad SMARTS) is 1. The molecule has 0 bridgehead atoms. The van der Waals surface area contributed by atoms with Gasteiger partial charge in [0.25, 0.3) is 5.91 Å². The number of nitrogens with zero attached hydrogens (tertiary/aromatic N) is 4. The highest BCUT2D eigenvalue weighted by atomic mass is 16.4. The molecule has 0 spiro atoms. The molecule has 37 heavy (non-hydrogen) atoms. The van der Waals surface area contributed by atoms with Crippen molar-refractivity contribution in [1.29, 1.82) is 0 Å². The Morgan fingerprint density at radius 3 is 2.38 bits per heavy atom. The number of nitrogens with two attached hydrogens (primary N) is 1. The number of benzene rings is 1. The second kappa shape index (κ2) is 11.3. The lowest BCUT2D eigenvalue weighted by atomic mass is 9.88. The second-order valence-electron chi connectivity index (χ2n) is 10.5. The molecule has 2 saturated heterocycles. The van der Waals surface area contributed by atoms with Gasteiger partial charge in [-0.1, -0.05) is 25.0 Å². The third-order valence-corrected chi connectivity index (χ3v) is 8.08. The van der Waals surface area contributed by atoms with Crippen LogP contribution in [0, 0.1) is 0 Å². The van der Waals surface area contributed by atoms with Gasteiger partial charge in [-0.05, 0) is 75.2 Å². The minimum Gasteiger partial charge on any atom is -0.465 e. The zero-order chi connectivity index (χ0) is 25.8. The summed E-state index contributed by atoms with van der Waals surface area (Å²) in [6.07, 6.45) is 9.95. The quantitative estimate of drug-likeness (QED) is 0.446. The summed E-state index contributed by atoms with van der Waals surface area (Å²) in [4.78, 5) is 36.7. The number of likely N-dealkylation sites (tertiary alicyclic amines) is 1. The van der Waals surface area contributed by atoms with Crippen molar-refractivity contribution in [3.63, 3.8) is 0 Å². The molecule has 0 unspecified atom stereocenters. The van der Waals surface area contributed by atoms with Crippen molar-refractivity contribution in [1.82, 2.24) is 20.2 Å². The van der Waals surface area contributed by atoms with Gasteiger partial charge in [-0.25, -0.2) is 14.8 Å². The second-order valence-corrected chi connectivity index (χ2v) is 10.5. The third kappa shape index (κ3) is 6.12. The highest BCUT2D eigenvalue weighted by Crippen LogP contribution is 2.33. The fraction of sp³-hybridized carbons (Fsp3) is 0.556. The summed E-state index contributed by atoms with van der Waals surface area (Å²) in [5.41, 5.74) is 7.81. The number of carbonyl (C=O) groups is 2. The van der Waals surface area contributed by atoms with Crippen molar-refractivity contribution in [3.05, 3.63) is 41.7 Å². The first-order chi connectivity index (χ1) is 18.0. The minimum absolute atomic E-state index is 0.0735. The molecule has 2 aliphatic heterocycles. The molecule has 2 aromatic rings. The molecular formula is C27H37N7O3. The van der Waals surface area contributed by atoms with Crippen LogP contribution in [0.25, 0.3) is 0 Å². The lowest BCUT2D eigenvalue weighted by Crippen LogP contribution is -2.47. The maximum atomic E-state index is 12.0. The summed E-state index contributed by atoms with van der Waals surface area (Å²) in [7, 11) is 0. The molecule has 1 saturated carbocycles. The Morgan fingerprint density at radius 2 is 1.70 bits per heavy atom. The van der Waals surface area contributed by atoms with Gasteiger partial charge in [0.2, 0.25) is 0 Å². The summed E-state index contributed by atoms with van der Waals surface area (Å²) >= 11 is 0. The van der Waals surface area contributed by atoms with E-state index in [1.807, 2.05) is 17.0 Å². The molecule has 0 radical (unpaired) electrons. The molecule has 10 nitrogen and oxygen atoms in total. The summed E-state index contributed by atoms with van der Waals surface area (Å²) < 4.78 is 0. The van der Waals surface area contributed by atoms with Crippen molar-refractivity contribution in [2.24, 2.45) is 5.73 Å². The van der Waals surface area contributed by atoms with Crippen molar-refractivity contribution >= 4 is 29.3 Å². The van der Waals surface area contributed by atoms with Gasteiger partial charge in [0, 0.05) is 30.9 Å². The summed E-state index contributed by atoms with van der Waals surface area (Å²) in [5.74, 6) is 0.796. The summed E-state index contributed by atoms with van der Waals surface area (Å²) in [5, 5.41) is 14.8. The standard InChI is InChI=1S/C27H37N7O3/c28-25(35)24-26(32-23(16-29-24)34-13-3-4-21(17-34)31-27(36)37)30-20-9-7-18(8-10-20)19-11-14-33(15-12-19)22-5-1-2-6-22/h7-10,16,19,21-22,31H,1-6,11-15,17H2,(H2,28,35)(H,30,32)(H,36,37)/t21-/m1/s1. The van der Waals surface area contributed by atoms with E-state index in [4.69, 9.17) is 10.8 Å². The normalized spacial score (nSPS) is 21.6.